The standard InChI is InChI=1S/C26H26N4O2/c1-32-23-10-7-20(8-11-23)17-28-13-15-29(16-14-28)26(31)24-19-30-18-22(9-12-25(30)27-24)21-5-3-2-4-6-21/h2-12,18-19H,13-17H2,1H3. The second kappa shape index (κ2) is 8.85. The predicted molar refractivity (Wildman–Crippen MR) is 125 cm³/mol. The number of carbonyl (C=O) groups is 1. The van der Waals surface area contributed by atoms with E-state index in [-0.39, 0.29) is 5.91 Å². The summed E-state index contributed by atoms with van der Waals surface area (Å²) in [5.41, 5.74) is 4.77. The van der Waals surface area contributed by atoms with Gasteiger partial charge >= 0.3 is 0 Å². The van der Waals surface area contributed by atoms with Crippen LogP contribution in [-0.2, 0) is 6.54 Å². The van der Waals surface area contributed by atoms with Crippen molar-refractivity contribution in [3.63, 3.8) is 0 Å². The molecule has 2 aromatic carbocycles. The van der Waals surface area contributed by atoms with Gasteiger partial charge < -0.3 is 14.0 Å². The molecule has 0 aliphatic carbocycles. The highest BCUT2D eigenvalue weighted by molar-refractivity contribution is 5.93. The first-order valence-corrected chi connectivity index (χ1v) is 10.9. The van der Waals surface area contributed by atoms with Crippen molar-refractivity contribution in [2.24, 2.45) is 0 Å². The highest BCUT2D eigenvalue weighted by Gasteiger charge is 2.24. The van der Waals surface area contributed by atoms with Crippen LogP contribution in [0.25, 0.3) is 16.8 Å². The first-order valence-electron chi connectivity index (χ1n) is 10.9. The number of benzene rings is 2. The first-order chi connectivity index (χ1) is 15.7. The van der Waals surface area contributed by atoms with Crippen molar-refractivity contribution in [3.05, 3.63) is 90.4 Å². The van der Waals surface area contributed by atoms with Gasteiger partial charge in [-0.25, -0.2) is 4.98 Å². The Bertz CT molecular complexity index is 1210. The largest absolute Gasteiger partial charge is 0.497 e. The zero-order chi connectivity index (χ0) is 21.9. The maximum absolute atomic E-state index is 13.1. The minimum Gasteiger partial charge on any atom is -0.497 e. The third-order valence-corrected chi connectivity index (χ3v) is 6.00. The summed E-state index contributed by atoms with van der Waals surface area (Å²) in [6, 6.07) is 22.4. The number of hydrogen-bond donors (Lipinski definition) is 0. The number of methoxy groups -OCH3 is 1. The number of rotatable bonds is 5. The van der Waals surface area contributed by atoms with Crippen LogP contribution in [-0.4, -0.2) is 58.4 Å². The molecule has 3 heterocycles. The van der Waals surface area contributed by atoms with Gasteiger partial charge in [0.05, 0.1) is 7.11 Å². The van der Waals surface area contributed by atoms with Gasteiger partial charge in [-0.05, 0) is 41.0 Å². The van der Waals surface area contributed by atoms with Crippen LogP contribution in [0, 0.1) is 0 Å². The Labute approximate surface area is 187 Å². The third kappa shape index (κ3) is 4.22. The normalized spacial score (nSPS) is 14.6. The molecule has 1 aliphatic heterocycles. The lowest BCUT2D eigenvalue weighted by Gasteiger charge is -2.34. The van der Waals surface area contributed by atoms with Gasteiger partial charge in [0.25, 0.3) is 5.91 Å². The van der Waals surface area contributed by atoms with Crippen LogP contribution in [0.1, 0.15) is 16.1 Å². The maximum Gasteiger partial charge on any atom is 0.274 e. The molecule has 5 rings (SSSR count). The molecule has 162 valence electrons. The molecule has 0 saturated carbocycles. The van der Waals surface area contributed by atoms with Crippen LogP contribution in [0.2, 0.25) is 0 Å². The minimum absolute atomic E-state index is 0.000872. The fourth-order valence-corrected chi connectivity index (χ4v) is 4.16. The molecule has 0 spiro atoms. The second-order valence-corrected chi connectivity index (χ2v) is 8.09. The van der Waals surface area contributed by atoms with Crippen LogP contribution in [0.3, 0.4) is 0 Å². The van der Waals surface area contributed by atoms with E-state index < -0.39 is 0 Å². The Morgan fingerprint density at radius 3 is 2.34 bits per heavy atom. The SMILES string of the molecule is COc1ccc(CN2CCN(C(=O)c3cn4cc(-c5ccccc5)ccc4n3)CC2)cc1. The van der Waals surface area contributed by atoms with Crippen LogP contribution in [0.15, 0.2) is 79.1 Å². The highest BCUT2D eigenvalue weighted by atomic mass is 16.5. The van der Waals surface area contributed by atoms with E-state index in [0.717, 1.165) is 42.2 Å². The molecule has 2 aromatic heterocycles. The van der Waals surface area contributed by atoms with E-state index >= 15 is 0 Å². The number of amides is 1. The number of piperazine rings is 1. The molecular weight excluding hydrogens is 400 g/mol. The van der Waals surface area contributed by atoms with Gasteiger partial charge in [0, 0.05) is 45.1 Å². The van der Waals surface area contributed by atoms with Crippen LogP contribution in [0.4, 0.5) is 0 Å². The van der Waals surface area contributed by atoms with E-state index in [1.54, 1.807) is 7.11 Å². The fourth-order valence-electron chi connectivity index (χ4n) is 4.16. The molecule has 0 radical (unpaired) electrons. The summed E-state index contributed by atoms with van der Waals surface area (Å²) in [7, 11) is 1.68. The summed E-state index contributed by atoms with van der Waals surface area (Å²) >= 11 is 0. The lowest BCUT2D eigenvalue weighted by atomic mass is 10.1. The van der Waals surface area contributed by atoms with Crippen molar-refractivity contribution in [1.82, 2.24) is 19.2 Å². The van der Waals surface area contributed by atoms with E-state index in [2.05, 4.69) is 34.1 Å². The monoisotopic (exact) mass is 426 g/mol. The zero-order valence-corrected chi connectivity index (χ0v) is 18.1. The Morgan fingerprint density at radius 2 is 1.62 bits per heavy atom. The number of ether oxygens (including phenoxy) is 1. The molecule has 6 nitrogen and oxygen atoms in total. The van der Waals surface area contributed by atoms with Gasteiger partial charge in [-0.1, -0.05) is 42.5 Å². The van der Waals surface area contributed by atoms with Gasteiger partial charge in [0.2, 0.25) is 0 Å². The zero-order valence-electron chi connectivity index (χ0n) is 18.1. The number of fused-ring (bicyclic) bond motifs is 1. The third-order valence-electron chi connectivity index (χ3n) is 6.00. The van der Waals surface area contributed by atoms with Gasteiger partial charge in [-0.15, -0.1) is 0 Å². The number of aromatic nitrogens is 2. The number of nitrogens with zero attached hydrogens (tertiary/aromatic N) is 4. The topological polar surface area (TPSA) is 50.1 Å². The van der Waals surface area contributed by atoms with Gasteiger partial charge in [0.1, 0.15) is 17.1 Å². The van der Waals surface area contributed by atoms with Gasteiger partial charge in [-0.3, -0.25) is 9.69 Å². The predicted octanol–water partition coefficient (Wildman–Crippen LogP) is 3.97. The van der Waals surface area contributed by atoms with Crippen molar-refractivity contribution in [2.45, 2.75) is 6.54 Å². The van der Waals surface area contributed by atoms with E-state index in [9.17, 15) is 4.79 Å². The van der Waals surface area contributed by atoms with Crippen molar-refractivity contribution >= 4 is 11.6 Å². The summed E-state index contributed by atoms with van der Waals surface area (Å²) in [6.45, 7) is 3.99. The molecule has 1 amide bonds. The van der Waals surface area contributed by atoms with Crippen molar-refractivity contribution in [1.29, 1.82) is 0 Å². The average molecular weight is 427 g/mol. The lowest BCUT2D eigenvalue weighted by molar-refractivity contribution is 0.0623. The Hall–Kier alpha value is -3.64. The second-order valence-electron chi connectivity index (χ2n) is 8.09. The van der Waals surface area contributed by atoms with Crippen molar-refractivity contribution in [3.8, 4) is 16.9 Å². The number of imidazole rings is 1. The van der Waals surface area contributed by atoms with Gasteiger partial charge in [0.15, 0.2) is 0 Å². The molecule has 1 aliphatic rings. The lowest BCUT2D eigenvalue weighted by Crippen LogP contribution is -2.48. The van der Waals surface area contributed by atoms with Crippen LogP contribution in [0.5, 0.6) is 5.75 Å². The summed E-state index contributed by atoms with van der Waals surface area (Å²) in [4.78, 5) is 21.9. The van der Waals surface area contributed by atoms with E-state index in [1.807, 2.05) is 64.2 Å². The number of pyridine rings is 1. The molecule has 1 fully saturated rings. The molecular formula is C26H26N4O2. The van der Waals surface area contributed by atoms with E-state index in [4.69, 9.17) is 4.74 Å². The van der Waals surface area contributed by atoms with Crippen molar-refractivity contribution < 1.29 is 9.53 Å². The molecule has 0 N–H and O–H groups in total. The molecule has 4 aromatic rings. The number of carbonyl (C=O) groups excluding carboxylic acids is 1. The Kier molecular flexibility index (Phi) is 5.60. The molecule has 0 atom stereocenters. The van der Waals surface area contributed by atoms with E-state index in [1.165, 1.54) is 5.56 Å². The summed E-state index contributed by atoms with van der Waals surface area (Å²) in [5, 5.41) is 0. The van der Waals surface area contributed by atoms with Gasteiger partial charge in [-0.2, -0.15) is 0 Å². The number of hydrogen-bond acceptors (Lipinski definition) is 4. The quantitative estimate of drug-likeness (QED) is 0.485. The fraction of sp³-hybridized carbons (Fsp3) is 0.231. The minimum atomic E-state index is -0.000872. The Balaban J connectivity index is 1.23. The highest BCUT2D eigenvalue weighted by Crippen LogP contribution is 2.20. The van der Waals surface area contributed by atoms with Crippen LogP contribution < -0.4 is 4.74 Å². The van der Waals surface area contributed by atoms with Crippen molar-refractivity contribution in [2.75, 3.05) is 33.3 Å². The molecule has 32 heavy (non-hydrogen) atoms. The molecule has 0 unspecified atom stereocenters. The first kappa shape index (κ1) is 20.3. The van der Waals surface area contributed by atoms with Crippen LogP contribution >= 0.6 is 0 Å². The molecule has 1 saturated heterocycles. The van der Waals surface area contributed by atoms with E-state index in [0.29, 0.717) is 18.8 Å². The summed E-state index contributed by atoms with van der Waals surface area (Å²) in [6.07, 6.45) is 3.87. The molecule has 0 bridgehead atoms. The summed E-state index contributed by atoms with van der Waals surface area (Å²) in [5.74, 6) is 0.867. The summed E-state index contributed by atoms with van der Waals surface area (Å²) < 4.78 is 7.17. The molecule has 6 heteroatoms. The smallest absolute Gasteiger partial charge is 0.274 e. The average Bonchev–Trinajstić information content (AvgIpc) is 3.29. The maximum atomic E-state index is 13.1. The Morgan fingerprint density at radius 1 is 0.875 bits per heavy atom.